The first-order chi connectivity index (χ1) is 9.63. The second-order valence-corrected chi connectivity index (χ2v) is 5.80. The van der Waals surface area contributed by atoms with Crippen LogP contribution in [0.4, 0.5) is 0 Å². The first kappa shape index (κ1) is 13.2. The number of aromatic nitrogens is 1. The normalized spacial score (nSPS) is 11.2. The number of rotatable bonds is 3. The molecule has 3 aromatic rings. The Bertz CT molecular complexity index is 716. The summed E-state index contributed by atoms with van der Waals surface area (Å²) in [5.74, 6) is 1.13. The summed E-state index contributed by atoms with van der Waals surface area (Å²) < 4.78 is 12.4. The molecule has 4 heteroatoms. The van der Waals surface area contributed by atoms with Crippen LogP contribution in [-0.4, -0.2) is 4.98 Å². The monoisotopic (exact) mass is 331 g/mol. The summed E-state index contributed by atoms with van der Waals surface area (Å²) in [6, 6.07) is 13.5. The zero-order chi connectivity index (χ0) is 14.1. The Morgan fingerprint density at radius 3 is 2.70 bits per heavy atom. The molecule has 0 radical (unpaired) electrons. The lowest BCUT2D eigenvalue weighted by molar-refractivity contribution is 0.339. The zero-order valence-corrected chi connectivity index (χ0v) is 12.8. The molecule has 0 N–H and O–H groups in total. The van der Waals surface area contributed by atoms with E-state index in [9.17, 15) is 0 Å². The minimum Gasteiger partial charge on any atom is -0.411 e. The van der Waals surface area contributed by atoms with Crippen LogP contribution in [0.5, 0.6) is 11.8 Å². The fourth-order valence-electron chi connectivity index (χ4n) is 2.05. The lowest BCUT2D eigenvalue weighted by atomic mass is 10.0. The minimum absolute atomic E-state index is 0.274. The topological polar surface area (TPSA) is 35.3 Å². The van der Waals surface area contributed by atoms with Gasteiger partial charge in [0.05, 0.1) is 0 Å². The average molecular weight is 332 g/mol. The standard InChI is InChI=1S/C16H14BrNO2/c1-10(2)12-9-11(17)7-8-14(12)19-16-18-13-5-3-4-6-15(13)20-16/h3-10H,1-2H3. The maximum atomic E-state index is 5.81. The van der Waals surface area contributed by atoms with Crippen molar-refractivity contribution < 1.29 is 9.15 Å². The highest BCUT2D eigenvalue weighted by molar-refractivity contribution is 9.10. The highest BCUT2D eigenvalue weighted by Gasteiger charge is 2.13. The van der Waals surface area contributed by atoms with Crippen LogP contribution in [0.3, 0.4) is 0 Å². The van der Waals surface area contributed by atoms with E-state index in [1.165, 1.54) is 0 Å². The van der Waals surface area contributed by atoms with Crippen molar-refractivity contribution in [2.45, 2.75) is 19.8 Å². The van der Waals surface area contributed by atoms with Crippen LogP contribution in [0.2, 0.25) is 0 Å². The third kappa shape index (κ3) is 2.56. The van der Waals surface area contributed by atoms with E-state index in [4.69, 9.17) is 9.15 Å². The quantitative estimate of drug-likeness (QED) is 0.635. The van der Waals surface area contributed by atoms with E-state index < -0.39 is 0 Å². The van der Waals surface area contributed by atoms with Crippen molar-refractivity contribution in [3.8, 4) is 11.8 Å². The second kappa shape index (κ2) is 5.29. The Hall–Kier alpha value is -1.81. The molecule has 1 aromatic heterocycles. The average Bonchev–Trinajstić information content (AvgIpc) is 2.82. The Kier molecular flexibility index (Phi) is 3.49. The van der Waals surface area contributed by atoms with E-state index in [1.807, 2.05) is 36.4 Å². The number of ether oxygens (including phenoxy) is 1. The summed E-state index contributed by atoms with van der Waals surface area (Å²) in [7, 11) is 0. The summed E-state index contributed by atoms with van der Waals surface area (Å²) in [6.07, 6.45) is 0.274. The van der Waals surface area contributed by atoms with Crippen molar-refractivity contribution in [3.63, 3.8) is 0 Å². The largest absolute Gasteiger partial charge is 0.411 e. The van der Waals surface area contributed by atoms with Gasteiger partial charge in [-0.05, 0) is 41.8 Å². The van der Waals surface area contributed by atoms with Crippen molar-refractivity contribution in [2.75, 3.05) is 0 Å². The number of halogens is 1. The van der Waals surface area contributed by atoms with Gasteiger partial charge in [0.15, 0.2) is 5.58 Å². The number of benzene rings is 2. The third-order valence-electron chi connectivity index (χ3n) is 3.07. The number of nitrogens with zero attached hydrogens (tertiary/aromatic N) is 1. The van der Waals surface area contributed by atoms with Crippen LogP contribution in [0.15, 0.2) is 51.4 Å². The van der Waals surface area contributed by atoms with Gasteiger partial charge in [0, 0.05) is 4.47 Å². The van der Waals surface area contributed by atoms with E-state index >= 15 is 0 Å². The molecule has 0 unspecified atom stereocenters. The number of hydrogen-bond acceptors (Lipinski definition) is 3. The van der Waals surface area contributed by atoms with Crippen molar-refractivity contribution >= 4 is 27.0 Å². The van der Waals surface area contributed by atoms with E-state index in [0.717, 1.165) is 26.9 Å². The summed E-state index contributed by atoms with van der Waals surface area (Å²) >= 11 is 3.48. The van der Waals surface area contributed by atoms with Crippen LogP contribution in [0.1, 0.15) is 25.3 Å². The fraction of sp³-hybridized carbons (Fsp3) is 0.188. The molecule has 0 saturated carbocycles. The maximum absolute atomic E-state index is 5.81. The molecule has 3 nitrogen and oxygen atoms in total. The van der Waals surface area contributed by atoms with Crippen molar-refractivity contribution in [1.29, 1.82) is 0 Å². The van der Waals surface area contributed by atoms with Gasteiger partial charge in [-0.3, -0.25) is 0 Å². The molecule has 0 amide bonds. The first-order valence-corrected chi connectivity index (χ1v) is 7.25. The summed E-state index contributed by atoms with van der Waals surface area (Å²) in [5.41, 5.74) is 2.64. The van der Waals surface area contributed by atoms with Gasteiger partial charge >= 0.3 is 6.08 Å². The Morgan fingerprint density at radius 1 is 1.15 bits per heavy atom. The SMILES string of the molecule is CC(C)c1cc(Br)ccc1Oc1nc2ccccc2o1. The lowest BCUT2D eigenvalue weighted by Gasteiger charge is -2.11. The van der Waals surface area contributed by atoms with Gasteiger partial charge in [-0.15, -0.1) is 0 Å². The zero-order valence-electron chi connectivity index (χ0n) is 11.3. The maximum Gasteiger partial charge on any atom is 0.400 e. The molecular weight excluding hydrogens is 318 g/mol. The Morgan fingerprint density at radius 2 is 1.95 bits per heavy atom. The summed E-state index contributed by atoms with van der Waals surface area (Å²) in [6.45, 7) is 4.25. The molecule has 0 atom stereocenters. The first-order valence-electron chi connectivity index (χ1n) is 6.46. The Balaban J connectivity index is 1.98. The molecule has 2 aromatic carbocycles. The van der Waals surface area contributed by atoms with E-state index in [1.54, 1.807) is 0 Å². The van der Waals surface area contributed by atoms with Crippen LogP contribution in [0, 0.1) is 0 Å². The molecule has 0 aliphatic rings. The molecule has 102 valence electrons. The number of oxazole rings is 1. The second-order valence-electron chi connectivity index (χ2n) is 4.89. The summed E-state index contributed by atoms with van der Waals surface area (Å²) in [5, 5.41) is 0. The molecule has 20 heavy (non-hydrogen) atoms. The summed E-state index contributed by atoms with van der Waals surface area (Å²) in [4.78, 5) is 4.33. The molecule has 1 heterocycles. The highest BCUT2D eigenvalue weighted by atomic mass is 79.9. The van der Waals surface area contributed by atoms with Gasteiger partial charge in [-0.1, -0.05) is 41.9 Å². The molecule has 0 fully saturated rings. The van der Waals surface area contributed by atoms with Crippen molar-refractivity contribution in [3.05, 3.63) is 52.5 Å². The molecular formula is C16H14BrNO2. The number of hydrogen-bond donors (Lipinski definition) is 0. The molecule has 0 aliphatic heterocycles. The predicted molar refractivity (Wildman–Crippen MR) is 82.3 cm³/mol. The van der Waals surface area contributed by atoms with Gasteiger partial charge in [0.1, 0.15) is 11.3 Å². The molecule has 3 rings (SSSR count). The highest BCUT2D eigenvalue weighted by Crippen LogP contribution is 2.33. The van der Waals surface area contributed by atoms with Crippen molar-refractivity contribution in [2.24, 2.45) is 0 Å². The fourth-order valence-corrected chi connectivity index (χ4v) is 2.43. The molecule has 0 spiro atoms. The van der Waals surface area contributed by atoms with Gasteiger partial charge in [0.2, 0.25) is 0 Å². The van der Waals surface area contributed by atoms with Gasteiger partial charge in [0.25, 0.3) is 0 Å². The van der Waals surface area contributed by atoms with Crippen molar-refractivity contribution in [1.82, 2.24) is 4.98 Å². The van der Waals surface area contributed by atoms with Gasteiger partial charge in [-0.25, -0.2) is 0 Å². The van der Waals surface area contributed by atoms with Gasteiger partial charge in [-0.2, -0.15) is 4.98 Å². The van der Waals surface area contributed by atoms with Crippen LogP contribution in [0.25, 0.3) is 11.1 Å². The number of para-hydroxylation sites is 2. The molecule has 0 saturated heterocycles. The molecule has 0 aliphatic carbocycles. The number of fused-ring (bicyclic) bond motifs is 1. The van der Waals surface area contributed by atoms with Gasteiger partial charge < -0.3 is 9.15 Å². The van der Waals surface area contributed by atoms with E-state index in [2.05, 4.69) is 40.8 Å². The van der Waals surface area contributed by atoms with E-state index in [-0.39, 0.29) is 6.08 Å². The predicted octanol–water partition coefficient (Wildman–Crippen LogP) is 5.51. The minimum atomic E-state index is 0.274. The van der Waals surface area contributed by atoms with Crippen LogP contribution in [-0.2, 0) is 0 Å². The van der Waals surface area contributed by atoms with E-state index in [0.29, 0.717) is 5.92 Å². The molecule has 0 bridgehead atoms. The smallest absolute Gasteiger partial charge is 0.400 e. The van der Waals surface area contributed by atoms with Crippen LogP contribution >= 0.6 is 15.9 Å². The van der Waals surface area contributed by atoms with Crippen LogP contribution < -0.4 is 4.74 Å². The lowest BCUT2D eigenvalue weighted by Crippen LogP contribution is -1.94. The third-order valence-corrected chi connectivity index (χ3v) is 3.56. The Labute approximate surface area is 125 Å².